The first-order valence-electron chi connectivity index (χ1n) is 10.0. The molecule has 3 unspecified atom stereocenters. The van der Waals surface area contributed by atoms with Gasteiger partial charge in [0.2, 0.25) is 5.91 Å². The number of hydrogen-bond donors (Lipinski definition) is 2. The molecule has 7 nitrogen and oxygen atoms in total. The lowest BCUT2D eigenvalue weighted by Gasteiger charge is -2.63. The summed E-state index contributed by atoms with van der Waals surface area (Å²) < 4.78 is 6.03. The fourth-order valence-corrected chi connectivity index (χ4v) is 5.53. The van der Waals surface area contributed by atoms with Crippen LogP contribution < -0.4 is 11.1 Å². The largest absolute Gasteiger partial charge is 0.377 e. The Labute approximate surface area is 156 Å². The van der Waals surface area contributed by atoms with Gasteiger partial charge in [-0.3, -0.25) is 14.7 Å². The molecule has 1 amide bonds. The molecular formula is C19H33N5O2. The van der Waals surface area contributed by atoms with E-state index in [-0.39, 0.29) is 5.91 Å². The first kappa shape index (κ1) is 18.0. The summed E-state index contributed by atoms with van der Waals surface area (Å²) in [5.41, 5.74) is 5.33. The first-order chi connectivity index (χ1) is 12.4. The number of fused-ring (bicyclic) bond motifs is 2. The van der Waals surface area contributed by atoms with Crippen molar-refractivity contribution in [2.75, 3.05) is 39.8 Å². The normalized spacial score (nSPS) is 34.2. The molecule has 0 aromatic rings. The fraction of sp³-hybridized carbons (Fsp3) is 0.895. The van der Waals surface area contributed by atoms with Crippen molar-refractivity contribution in [3.63, 3.8) is 0 Å². The Hall–Kier alpha value is -1.34. The summed E-state index contributed by atoms with van der Waals surface area (Å²) in [6.07, 6.45) is 5.53. The number of nitrogens with two attached hydrogens (primary N) is 1. The molecule has 7 heteroatoms. The molecule has 0 bridgehead atoms. The van der Waals surface area contributed by atoms with Crippen LogP contribution in [0.1, 0.15) is 39.5 Å². The fourth-order valence-electron chi connectivity index (χ4n) is 5.53. The zero-order chi connectivity index (χ0) is 18.5. The van der Waals surface area contributed by atoms with Crippen molar-refractivity contribution in [2.45, 2.75) is 57.2 Å². The van der Waals surface area contributed by atoms with E-state index in [1.165, 1.54) is 25.7 Å². The lowest BCUT2D eigenvalue weighted by molar-refractivity contribution is -0.171. The van der Waals surface area contributed by atoms with Crippen LogP contribution in [0, 0.1) is 11.3 Å². The minimum atomic E-state index is -0.596. The predicted octanol–water partition coefficient (Wildman–Crippen LogP) is 0.401. The minimum Gasteiger partial charge on any atom is -0.377 e. The van der Waals surface area contributed by atoms with Crippen molar-refractivity contribution in [1.82, 2.24) is 15.1 Å². The molecule has 2 saturated carbocycles. The average Bonchev–Trinajstić information content (AvgIpc) is 2.99. The van der Waals surface area contributed by atoms with Gasteiger partial charge in [0.05, 0.1) is 11.6 Å². The van der Waals surface area contributed by atoms with Gasteiger partial charge in [-0.25, -0.2) is 0 Å². The summed E-state index contributed by atoms with van der Waals surface area (Å²) in [7, 11) is 1.87. The molecule has 2 heterocycles. The van der Waals surface area contributed by atoms with E-state index in [0.717, 1.165) is 38.7 Å². The van der Waals surface area contributed by atoms with Crippen molar-refractivity contribution in [2.24, 2.45) is 22.1 Å². The van der Waals surface area contributed by atoms with E-state index >= 15 is 0 Å². The zero-order valence-electron chi connectivity index (χ0n) is 16.3. The summed E-state index contributed by atoms with van der Waals surface area (Å²) in [6, 6.07) is 0.502. The Morgan fingerprint density at radius 3 is 2.50 bits per heavy atom. The molecule has 0 radical (unpaired) electrons. The lowest BCUT2D eigenvalue weighted by Crippen LogP contribution is -2.73. The smallest absolute Gasteiger partial charge is 0.237 e. The summed E-state index contributed by atoms with van der Waals surface area (Å²) in [5, 5.41) is 3.80. The van der Waals surface area contributed by atoms with Crippen molar-refractivity contribution in [1.29, 1.82) is 0 Å². The van der Waals surface area contributed by atoms with Crippen LogP contribution in [0.3, 0.4) is 0 Å². The van der Waals surface area contributed by atoms with Crippen LogP contribution in [0.15, 0.2) is 4.99 Å². The molecule has 0 aromatic heterocycles. The summed E-state index contributed by atoms with van der Waals surface area (Å²) in [4.78, 5) is 20.8. The minimum absolute atomic E-state index is 0.262. The van der Waals surface area contributed by atoms with Crippen LogP contribution in [0.25, 0.3) is 0 Å². The molecule has 3 N–H and O–H groups in total. The monoisotopic (exact) mass is 363 g/mol. The topological polar surface area (TPSA) is 83.2 Å². The number of aliphatic imine (C=N–C) groups is 1. The number of piperazine rings is 1. The Balaban J connectivity index is 1.38. The quantitative estimate of drug-likeness (QED) is 0.560. The van der Waals surface area contributed by atoms with Crippen LogP contribution in [-0.4, -0.2) is 79.2 Å². The Morgan fingerprint density at radius 1 is 1.27 bits per heavy atom. The van der Waals surface area contributed by atoms with Gasteiger partial charge in [-0.2, -0.15) is 0 Å². The van der Waals surface area contributed by atoms with Gasteiger partial charge in [-0.15, -0.1) is 0 Å². The number of guanidine groups is 1. The third kappa shape index (κ3) is 2.54. The van der Waals surface area contributed by atoms with Gasteiger partial charge in [0, 0.05) is 57.2 Å². The highest BCUT2D eigenvalue weighted by atomic mass is 16.5. The number of nitrogens with one attached hydrogen (secondary N) is 1. The van der Waals surface area contributed by atoms with E-state index in [0.29, 0.717) is 23.5 Å². The number of carbonyl (C=O) groups is 1. The molecule has 4 rings (SSSR count). The van der Waals surface area contributed by atoms with Gasteiger partial charge < -0.3 is 20.7 Å². The SMILES string of the molecule is CN=C(NC1C2CCOC2C12CCC2)N1CCN(C(C)(C)C(N)=O)CC1. The number of ether oxygens (including phenoxy) is 1. The van der Waals surface area contributed by atoms with Gasteiger partial charge in [0.1, 0.15) is 0 Å². The number of amides is 1. The van der Waals surface area contributed by atoms with E-state index in [9.17, 15) is 4.79 Å². The number of hydrogen-bond acceptors (Lipinski definition) is 4. The molecule has 1 spiro atoms. The van der Waals surface area contributed by atoms with Crippen LogP contribution in [0.5, 0.6) is 0 Å². The second-order valence-electron chi connectivity index (χ2n) is 8.90. The Kier molecular flexibility index (Phi) is 4.42. The maximum absolute atomic E-state index is 11.7. The Bertz CT molecular complexity index is 593. The first-order valence-corrected chi connectivity index (χ1v) is 10.0. The second-order valence-corrected chi connectivity index (χ2v) is 8.90. The highest BCUT2D eigenvalue weighted by Crippen LogP contribution is 2.62. The molecule has 26 heavy (non-hydrogen) atoms. The number of carbonyl (C=O) groups excluding carboxylic acids is 1. The summed E-state index contributed by atoms with van der Waals surface area (Å²) in [5.74, 6) is 1.38. The van der Waals surface area contributed by atoms with Crippen LogP contribution in [0.2, 0.25) is 0 Å². The number of primary amides is 1. The molecule has 2 aliphatic heterocycles. The van der Waals surface area contributed by atoms with E-state index in [1.54, 1.807) is 0 Å². The lowest BCUT2D eigenvalue weighted by atomic mass is 9.46. The van der Waals surface area contributed by atoms with E-state index in [2.05, 4.69) is 20.1 Å². The predicted molar refractivity (Wildman–Crippen MR) is 101 cm³/mol. The van der Waals surface area contributed by atoms with Crippen LogP contribution in [0.4, 0.5) is 0 Å². The molecule has 3 atom stereocenters. The third-order valence-electron chi connectivity index (χ3n) is 7.51. The average molecular weight is 364 g/mol. The number of rotatable bonds is 3. The number of nitrogens with zero attached hydrogens (tertiary/aromatic N) is 3. The maximum Gasteiger partial charge on any atom is 0.237 e. The van der Waals surface area contributed by atoms with Gasteiger partial charge >= 0.3 is 0 Å². The van der Waals surface area contributed by atoms with Crippen LogP contribution >= 0.6 is 0 Å². The molecule has 0 aromatic carbocycles. The van der Waals surface area contributed by atoms with Crippen molar-refractivity contribution in [3.8, 4) is 0 Å². The van der Waals surface area contributed by atoms with Crippen molar-refractivity contribution in [3.05, 3.63) is 0 Å². The van der Waals surface area contributed by atoms with Gasteiger partial charge in [-0.1, -0.05) is 6.42 Å². The molecule has 2 saturated heterocycles. The van der Waals surface area contributed by atoms with Gasteiger partial charge in [-0.05, 0) is 33.1 Å². The second kappa shape index (κ2) is 6.37. The molecule has 4 aliphatic rings. The summed E-state index contributed by atoms with van der Waals surface area (Å²) in [6.45, 7) is 8.10. The Morgan fingerprint density at radius 2 is 1.96 bits per heavy atom. The zero-order valence-corrected chi connectivity index (χ0v) is 16.3. The van der Waals surface area contributed by atoms with Gasteiger partial charge in [0.15, 0.2) is 5.96 Å². The highest BCUT2D eigenvalue weighted by Gasteiger charge is 2.66. The molecule has 4 fully saturated rings. The molecule has 2 aliphatic carbocycles. The molecular weight excluding hydrogens is 330 g/mol. The highest BCUT2D eigenvalue weighted by molar-refractivity contribution is 5.84. The van der Waals surface area contributed by atoms with Gasteiger partial charge in [0.25, 0.3) is 0 Å². The standard InChI is InChI=1S/C19H33N5O2/c1-18(2,16(20)25)24-10-8-23(9-11-24)17(21-3)22-14-13-5-12-26-15(13)19(14)6-4-7-19/h13-15H,4-12H2,1-3H3,(H2,20,25)(H,21,22). The third-order valence-corrected chi connectivity index (χ3v) is 7.51. The van der Waals surface area contributed by atoms with Crippen molar-refractivity contribution < 1.29 is 9.53 Å². The van der Waals surface area contributed by atoms with Crippen LogP contribution in [-0.2, 0) is 9.53 Å². The van der Waals surface area contributed by atoms with E-state index in [1.807, 2.05) is 20.9 Å². The van der Waals surface area contributed by atoms with Crippen molar-refractivity contribution >= 4 is 11.9 Å². The molecule has 146 valence electrons. The van der Waals surface area contributed by atoms with E-state index in [4.69, 9.17) is 10.5 Å². The maximum atomic E-state index is 11.7. The summed E-state index contributed by atoms with van der Waals surface area (Å²) >= 11 is 0. The van der Waals surface area contributed by atoms with E-state index < -0.39 is 5.54 Å².